The second-order valence-corrected chi connectivity index (χ2v) is 7.52. The molecule has 0 radical (unpaired) electrons. The molecular formula is C27H25N3O3. The molecule has 6 nitrogen and oxygen atoms in total. The molecule has 4 aromatic rings. The van der Waals surface area contributed by atoms with Crippen LogP contribution in [0.5, 0.6) is 5.75 Å². The molecule has 0 atom stereocenters. The van der Waals surface area contributed by atoms with E-state index in [0.717, 1.165) is 22.4 Å². The zero-order valence-corrected chi connectivity index (χ0v) is 18.3. The fourth-order valence-corrected chi connectivity index (χ4v) is 3.60. The Morgan fingerprint density at radius 1 is 0.939 bits per heavy atom. The van der Waals surface area contributed by atoms with Gasteiger partial charge in [0, 0.05) is 11.6 Å². The minimum Gasteiger partial charge on any atom is -0.494 e. The highest BCUT2D eigenvalue weighted by molar-refractivity contribution is 5.77. The van der Waals surface area contributed by atoms with Gasteiger partial charge >= 0.3 is 0 Å². The van der Waals surface area contributed by atoms with Gasteiger partial charge in [0.05, 0.1) is 24.7 Å². The molecule has 6 heteroatoms. The van der Waals surface area contributed by atoms with Crippen LogP contribution >= 0.6 is 0 Å². The van der Waals surface area contributed by atoms with Crippen molar-refractivity contribution in [3.63, 3.8) is 0 Å². The molecule has 1 amide bonds. The lowest BCUT2D eigenvalue weighted by atomic mass is 9.99. The molecule has 0 aliphatic rings. The molecule has 4 rings (SSSR count). The van der Waals surface area contributed by atoms with E-state index in [1.54, 1.807) is 0 Å². The van der Waals surface area contributed by atoms with Gasteiger partial charge in [-0.15, -0.1) is 0 Å². The van der Waals surface area contributed by atoms with E-state index in [-0.39, 0.29) is 24.1 Å². The Kier molecular flexibility index (Phi) is 6.95. The summed E-state index contributed by atoms with van der Waals surface area (Å²) < 4.78 is 6.75. The van der Waals surface area contributed by atoms with Gasteiger partial charge in [-0.1, -0.05) is 60.7 Å². The molecule has 0 aliphatic carbocycles. The number of nitrogens with one attached hydrogen (secondary N) is 1. The van der Waals surface area contributed by atoms with Crippen LogP contribution in [0.1, 0.15) is 24.1 Å². The van der Waals surface area contributed by atoms with Crippen LogP contribution in [0.2, 0.25) is 0 Å². The van der Waals surface area contributed by atoms with Crippen molar-refractivity contribution in [3.05, 3.63) is 119 Å². The lowest BCUT2D eigenvalue weighted by Gasteiger charge is -2.20. The van der Waals surface area contributed by atoms with E-state index in [1.165, 1.54) is 17.0 Å². The highest BCUT2D eigenvalue weighted by Crippen LogP contribution is 2.22. The van der Waals surface area contributed by atoms with Gasteiger partial charge in [0.25, 0.3) is 5.56 Å². The summed E-state index contributed by atoms with van der Waals surface area (Å²) >= 11 is 0. The summed E-state index contributed by atoms with van der Waals surface area (Å²) in [5, 5.41) is 3.05. The number of hydrogen-bond acceptors (Lipinski definition) is 4. The summed E-state index contributed by atoms with van der Waals surface area (Å²) in [5.74, 6) is 0.489. The first kappa shape index (κ1) is 22.0. The fraction of sp³-hybridized carbons (Fsp3) is 0.148. The maximum atomic E-state index is 12.9. The smallest absolute Gasteiger partial charge is 0.254 e. The van der Waals surface area contributed by atoms with E-state index in [1.807, 2.05) is 91.9 Å². The molecule has 3 aromatic carbocycles. The predicted octanol–water partition coefficient (Wildman–Crippen LogP) is 4.21. The number of benzene rings is 3. The molecule has 1 N–H and O–H groups in total. The lowest BCUT2D eigenvalue weighted by molar-refractivity contribution is -0.122. The number of ether oxygens (including phenoxy) is 1. The molecule has 0 saturated carbocycles. The average molecular weight is 440 g/mol. The van der Waals surface area contributed by atoms with Crippen LogP contribution in [-0.2, 0) is 11.3 Å². The quantitative estimate of drug-likeness (QED) is 0.446. The average Bonchev–Trinajstić information content (AvgIpc) is 2.85. The molecule has 1 heterocycles. The van der Waals surface area contributed by atoms with Gasteiger partial charge in [0.1, 0.15) is 12.3 Å². The van der Waals surface area contributed by atoms with Crippen molar-refractivity contribution >= 4 is 5.91 Å². The van der Waals surface area contributed by atoms with Crippen LogP contribution in [0.3, 0.4) is 0 Å². The van der Waals surface area contributed by atoms with Crippen molar-refractivity contribution < 1.29 is 9.53 Å². The molecule has 0 aliphatic heterocycles. The SMILES string of the molecule is CCOc1ccc(-c2cc(=O)n(CC(=O)NC(c3ccccc3)c3ccccc3)cn2)cc1. The van der Waals surface area contributed by atoms with Gasteiger partial charge in [-0.25, -0.2) is 4.98 Å². The summed E-state index contributed by atoms with van der Waals surface area (Å²) in [5.41, 5.74) is 2.99. The molecule has 166 valence electrons. The van der Waals surface area contributed by atoms with Crippen molar-refractivity contribution in [1.29, 1.82) is 0 Å². The van der Waals surface area contributed by atoms with Gasteiger partial charge in [-0.05, 0) is 42.3 Å². The van der Waals surface area contributed by atoms with Crippen LogP contribution in [-0.4, -0.2) is 22.1 Å². The third-order valence-corrected chi connectivity index (χ3v) is 5.23. The zero-order valence-electron chi connectivity index (χ0n) is 18.3. The number of carbonyl (C=O) groups is 1. The summed E-state index contributed by atoms with van der Waals surface area (Å²) in [6.07, 6.45) is 1.41. The van der Waals surface area contributed by atoms with Gasteiger partial charge in [-0.2, -0.15) is 0 Å². The van der Waals surface area contributed by atoms with Gasteiger partial charge in [-0.3, -0.25) is 14.2 Å². The van der Waals surface area contributed by atoms with Crippen molar-refractivity contribution in [2.75, 3.05) is 6.61 Å². The molecule has 0 saturated heterocycles. The van der Waals surface area contributed by atoms with E-state index >= 15 is 0 Å². The first-order valence-electron chi connectivity index (χ1n) is 10.8. The summed E-state index contributed by atoms with van der Waals surface area (Å²) in [4.78, 5) is 29.9. The van der Waals surface area contributed by atoms with Gasteiger partial charge in [0.15, 0.2) is 0 Å². The van der Waals surface area contributed by atoms with Crippen LogP contribution in [0.4, 0.5) is 0 Å². The molecule has 0 fully saturated rings. The molecule has 0 bridgehead atoms. The summed E-state index contributed by atoms with van der Waals surface area (Å²) in [6, 6.07) is 28.0. The van der Waals surface area contributed by atoms with Crippen molar-refractivity contribution in [2.45, 2.75) is 19.5 Å². The number of carbonyl (C=O) groups excluding carboxylic acids is 1. The Morgan fingerprint density at radius 3 is 2.09 bits per heavy atom. The minimum atomic E-state index is -0.313. The van der Waals surface area contributed by atoms with Gasteiger partial charge < -0.3 is 10.1 Å². The van der Waals surface area contributed by atoms with Gasteiger partial charge in [0.2, 0.25) is 5.91 Å². The minimum absolute atomic E-state index is 0.119. The largest absolute Gasteiger partial charge is 0.494 e. The second-order valence-electron chi connectivity index (χ2n) is 7.52. The second kappa shape index (κ2) is 10.4. The number of amides is 1. The number of hydrogen-bond donors (Lipinski definition) is 1. The van der Waals surface area contributed by atoms with Crippen molar-refractivity contribution in [3.8, 4) is 17.0 Å². The third-order valence-electron chi connectivity index (χ3n) is 5.23. The fourth-order valence-electron chi connectivity index (χ4n) is 3.60. The maximum absolute atomic E-state index is 12.9. The van der Waals surface area contributed by atoms with Crippen molar-refractivity contribution in [2.24, 2.45) is 0 Å². The Hall–Kier alpha value is -4.19. The number of nitrogens with zero attached hydrogens (tertiary/aromatic N) is 2. The number of aromatic nitrogens is 2. The summed E-state index contributed by atoms with van der Waals surface area (Å²) in [6.45, 7) is 2.39. The lowest BCUT2D eigenvalue weighted by Crippen LogP contribution is -2.35. The zero-order chi connectivity index (χ0) is 23.0. The van der Waals surface area contributed by atoms with Crippen molar-refractivity contribution in [1.82, 2.24) is 14.9 Å². The van der Waals surface area contributed by atoms with Crippen LogP contribution in [0.25, 0.3) is 11.3 Å². The maximum Gasteiger partial charge on any atom is 0.254 e. The molecule has 1 aromatic heterocycles. The third kappa shape index (κ3) is 5.54. The molecular weight excluding hydrogens is 414 g/mol. The highest BCUT2D eigenvalue weighted by Gasteiger charge is 2.17. The molecule has 0 spiro atoms. The Bertz CT molecular complexity index is 1210. The Balaban J connectivity index is 1.50. The highest BCUT2D eigenvalue weighted by atomic mass is 16.5. The van der Waals surface area contributed by atoms with Crippen LogP contribution < -0.4 is 15.6 Å². The molecule has 33 heavy (non-hydrogen) atoms. The first-order chi connectivity index (χ1) is 16.1. The van der Waals surface area contributed by atoms with Crippen LogP contribution in [0, 0.1) is 0 Å². The monoisotopic (exact) mass is 439 g/mol. The Labute approximate surface area is 192 Å². The van der Waals surface area contributed by atoms with Crippen LogP contribution in [0.15, 0.2) is 102 Å². The summed E-state index contributed by atoms with van der Waals surface area (Å²) in [7, 11) is 0. The van der Waals surface area contributed by atoms with E-state index in [2.05, 4.69) is 10.3 Å². The first-order valence-corrected chi connectivity index (χ1v) is 10.8. The van der Waals surface area contributed by atoms with E-state index in [0.29, 0.717) is 12.3 Å². The van der Waals surface area contributed by atoms with E-state index < -0.39 is 0 Å². The predicted molar refractivity (Wildman–Crippen MR) is 128 cm³/mol. The number of rotatable bonds is 8. The van der Waals surface area contributed by atoms with E-state index in [4.69, 9.17) is 4.74 Å². The Morgan fingerprint density at radius 2 is 1.55 bits per heavy atom. The topological polar surface area (TPSA) is 73.2 Å². The molecule has 0 unspecified atom stereocenters. The van der Waals surface area contributed by atoms with E-state index in [9.17, 15) is 9.59 Å². The standard InChI is InChI=1S/C27H25N3O3/c1-2-33-23-15-13-20(14-16-23)24-17-26(32)30(19-28-24)18-25(31)29-27(21-9-5-3-6-10-21)22-11-7-4-8-12-22/h3-17,19,27H,2,18H2,1H3,(H,29,31). The normalized spacial score (nSPS) is 10.7.